The van der Waals surface area contributed by atoms with Crippen molar-refractivity contribution in [1.29, 1.82) is 5.26 Å². The van der Waals surface area contributed by atoms with Gasteiger partial charge < -0.3 is 9.74 Å². The standard InChI is InChI=1S/C28H26ClF3N8O4S3/c1-34-9-4-14-47(43,44)40(46(41,42)13-3-2-8-33)19-16-23-24(22-7-11-39(37-22)28(31)32)25(20-6-5-18(30)15-21(20)29)36-26(38(23)17-19)27-35-10-12-45-27/h5-7,10-12,15,19,25,28H,2-4,9,13-14,16-17H2/t19-,25-/m0/s1. The molecule has 0 bridgehead atoms. The molecule has 0 spiro atoms. The first-order valence-corrected chi connectivity index (χ1v) is 18.6. The third kappa shape index (κ3) is 7.21. The number of hydrogen-bond donors (Lipinski definition) is 0. The lowest BCUT2D eigenvalue weighted by Gasteiger charge is -2.32. The lowest BCUT2D eigenvalue weighted by atomic mass is 9.92. The van der Waals surface area contributed by atoms with Gasteiger partial charge in [0.1, 0.15) is 11.9 Å². The summed E-state index contributed by atoms with van der Waals surface area (Å²) in [7, 11) is -9.04. The van der Waals surface area contributed by atoms with Gasteiger partial charge in [-0.1, -0.05) is 21.4 Å². The number of rotatable bonds is 13. The number of hydrogen-bond acceptors (Lipinski definition) is 10. The molecular formula is C28H26ClF3N8O4S3. The predicted molar refractivity (Wildman–Crippen MR) is 169 cm³/mol. The molecule has 0 radical (unpaired) electrons. The Hall–Kier alpha value is -3.81. The second kappa shape index (κ2) is 14.1. The molecule has 0 unspecified atom stereocenters. The maximum absolute atomic E-state index is 14.1. The van der Waals surface area contributed by atoms with Crippen molar-refractivity contribution in [2.75, 3.05) is 24.6 Å². The molecule has 3 aromatic rings. The highest BCUT2D eigenvalue weighted by Crippen LogP contribution is 2.47. The highest BCUT2D eigenvalue weighted by molar-refractivity contribution is 8.04. The van der Waals surface area contributed by atoms with Gasteiger partial charge in [-0.25, -0.2) is 37.5 Å². The van der Waals surface area contributed by atoms with Gasteiger partial charge in [0.25, 0.3) is 0 Å². The quantitative estimate of drug-likeness (QED) is 0.175. The van der Waals surface area contributed by atoms with Crippen molar-refractivity contribution in [3.8, 4) is 6.07 Å². The maximum atomic E-state index is 14.1. The summed E-state index contributed by atoms with van der Waals surface area (Å²) in [5.41, 5.74) is 0.926. The molecule has 5 rings (SSSR count). The SMILES string of the molecule is [C-]#[N+]CCCS(=O)(=O)N([C@H]1CC2=C(c3ccn(C(F)F)n3)[C@H](c3ccc(F)cc3Cl)N=C(c3nccs3)N2C1)S(=O)(=O)CCCC#N. The number of unbranched alkanes of at least 4 members (excludes halogenated alkanes) is 1. The summed E-state index contributed by atoms with van der Waals surface area (Å²) in [6.07, 6.45) is 2.02. The average molecular weight is 727 g/mol. The van der Waals surface area contributed by atoms with E-state index in [9.17, 15) is 30.0 Å². The molecular weight excluding hydrogens is 701 g/mol. The predicted octanol–water partition coefficient (Wildman–Crippen LogP) is 5.09. The highest BCUT2D eigenvalue weighted by atomic mass is 35.5. The van der Waals surface area contributed by atoms with E-state index in [-0.39, 0.29) is 60.9 Å². The topological polar surface area (TPSA) is 146 Å². The minimum Gasteiger partial charge on any atom is -0.326 e. The number of sulfonamides is 2. The zero-order valence-corrected chi connectivity index (χ0v) is 27.6. The van der Waals surface area contributed by atoms with Gasteiger partial charge in [-0.15, -0.1) is 11.3 Å². The summed E-state index contributed by atoms with van der Waals surface area (Å²) >= 11 is 7.70. The Labute approximate surface area is 278 Å². The highest BCUT2D eigenvalue weighted by Gasteiger charge is 2.48. The zero-order chi connectivity index (χ0) is 33.9. The van der Waals surface area contributed by atoms with Gasteiger partial charge in [0, 0.05) is 65.4 Å². The molecule has 2 aliphatic heterocycles. The van der Waals surface area contributed by atoms with E-state index in [2.05, 4.69) is 14.9 Å². The lowest BCUT2D eigenvalue weighted by molar-refractivity contribution is 0.0564. The first kappa shape index (κ1) is 34.5. The number of aromatic nitrogens is 3. The van der Waals surface area contributed by atoms with Crippen molar-refractivity contribution in [2.45, 2.75) is 44.3 Å². The van der Waals surface area contributed by atoms with Gasteiger partial charge in [0.05, 0.1) is 29.3 Å². The molecule has 0 N–H and O–H groups in total. The fourth-order valence-corrected chi connectivity index (χ4v) is 10.8. The van der Waals surface area contributed by atoms with Crippen molar-refractivity contribution in [3.63, 3.8) is 0 Å². The molecule has 12 nitrogen and oxygen atoms in total. The largest absolute Gasteiger partial charge is 0.333 e. The van der Waals surface area contributed by atoms with Crippen LogP contribution in [0, 0.1) is 23.7 Å². The Morgan fingerprint density at radius 2 is 1.94 bits per heavy atom. The number of benzene rings is 1. The van der Waals surface area contributed by atoms with E-state index < -0.39 is 56.0 Å². The normalized spacial score (nSPS) is 18.4. The van der Waals surface area contributed by atoms with Crippen LogP contribution < -0.4 is 0 Å². The molecule has 2 atom stereocenters. The zero-order valence-electron chi connectivity index (χ0n) is 24.4. The summed E-state index contributed by atoms with van der Waals surface area (Å²) in [4.78, 5) is 14.0. The first-order chi connectivity index (χ1) is 22.4. The average Bonchev–Trinajstić information content (AvgIpc) is 3.78. The molecule has 1 fully saturated rings. The van der Waals surface area contributed by atoms with Crippen molar-refractivity contribution in [1.82, 2.24) is 23.4 Å². The maximum Gasteiger partial charge on any atom is 0.333 e. The van der Waals surface area contributed by atoms with Crippen LogP contribution in [0.2, 0.25) is 5.02 Å². The van der Waals surface area contributed by atoms with Crippen molar-refractivity contribution >= 4 is 54.4 Å². The van der Waals surface area contributed by atoms with E-state index in [0.717, 1.165) is 18.3 Å². The fraction of sp³-hybridized carbons (Fsp3) is 0.393. The van der Waals surface area contributed by atoms with Crippen LogP contribution >= 0.6 is 22.9 Å². The van der Waals surface area contributed by atoms with Crippen LogP contribution in [0.1, 0.15) is 54.5 Å². The van der Waals surface area contributed by atoms with E-state index >= 15 is 0 Å². The van der Waals surface area contributed by atoms with E-state index in [4.69, 9.17) is 28.4 Å². The monoisotopic (exact) mass is 726 g/mol. The number of thiazole rings is 1. The molecule has 248 valence electrons. The third-order valence-corrected chi connectivity index (χ3v) is 13.2. The van der Waals surface area contributed by atoms with Crippen LogP contribution in [0.3, 0.4) is 0 Å². The third-order valence-electron chi connectivity index (χ3n) is 7.41. The van der Waals surface area contributed by atoms with E-state index in [1.165, 1.54) is 29.7 Å². The molecule has 0 aliphatic carbocycles. The minimum atomic E-state index is -4.52. The van der Waals surface area contributed by atoms with Gasteiger partial charge in [-0.3, -0.25) is 4.99 Å². The van der Waals surface area contributed by atoms with Crippen LogP contribution in [0.15, 0.2) is 52.7 Å². The summed E-state index contributed by atoms with van der Waals surface area (Å²) in [5, 5.41) is 15.1. The Morgan fingerprint density at radius 3 is 2.55 bits per heavy atom. The minimum absolute atomic E-state index is 0.0179. The molecule has 0 amide bonds. The molecule has 2 aromatic heterocycles. The number of amidine groups is 1. The second-order valence-electron chi connectivity index (χ2n) is 10.5. The van der Waals surface area contributed by atoms with Gasteiger partial charge >= 0.3 is 6.55 Å². The number of alkyl halides is 2. The van der Waals surface area contributed by atoms with Crippen LogP contribution in [-0.2, 0) is 20.0 Å². The molecule has 47 heavy (non-hydrogen) atoms. The molecule has 0 saturated carbocycles. The molecule has 1 saturated heterocycles. The van der Waals surface area contributed by atoms with Gasteiger partial charge in [-0.2, -0.15) is 19.1 Å². The summed E-state index contributed by atoms with van der Waals surface area (Å²) < 4.78 is 97.3. The Balaban J connectivity index is 1.71. The van der Waals surface area contributed by atoms with Crippen molar-refractivity contribution in [2.24, 2.45) is 4.99 Å². The van der Waals surface area contributed by atoms with Gasteiger partial charge in [-0.05, 0) is 24.6 Å². The summed E-state index contributed by atoms with van der Waals surface area (Å²) in [5.74, 6) is -1.62. The summed E-state index contributed by atoms with van der Waals surface area (Å²) in [6.45, 7) is 3.69. The summed E-state index contributed by atoms with van der Waals surface area (Å²) in [6, 6.07) is 4.53. The Kier molecular flexibility index (Phi) is 10.4. The molecule has 2 aliphatic rings. The van der Waals surface area contributed by atoms with Crippen LogP contribution in [-0.4, -0.2) is 76.7 Å². The van der Waals surface area contributed by atoms with E-state index in [1.54, 1.807) is 10.3 Å². The van der Waals surface area contributed by atoms with Crippen LogP contribution in [0.4, 0.5) is 13.2 Å². The number of halogens is 4. The number of fused-ring (bicyclic) bond motifs is 1. The van der Waals surface area contributed by atoms with E-state index in [1.807, 2.05) is 6.07 Å². The van der Waals surface area contributed by atoms with Gasteiger partial charge in [0.2, 0.25) is 26.6 Å². The Bertz CT molecular complexity index is 1960. The van der Waals surface area contributed by atoms with E-state index in [0.29, 0.717) is 24.7 Å². The van der Waals surface area contributed by atoms with Gasteiger partial charge in [0.15, 0.2) is 10.8 Å². The first-order valence-electron chi connectivity index (χ1n) is 14.1. The van der Waals surface area contributed by atoms with Crippen molar-refractivity contribution < 1.29 is 30.0 Å². The van der Waals surface area contributed by atoms with Crippen LogP contribution in [0.25, 0.3) is 10.4 Å². The lowest BCUT2D eigenvalue weighted by Crippen LogP contribution is -2.48. The van der Waals surface area contributed by atoms with Crippen LogP contribution in [0.5, 0.6) is 0 Å². The number of nitrogens with zero attached hydrogens (tertiary/aromatic N) is 8. The second-order valence-corrected chi connectivity index (χ2v) is 16.0. The molecule has 19 heteroatoms. The van der Waals surface area contributed by atoms with Crippen molar-refractivity contribution in [3.05, 3.63) is 86.3 Å². The Morgan fingerprint density at radius 1 is 1.19 bits per heavy atom. The fourth-order valence-electron chi connectivity index (χ4n) is 5.54. The number of nitriles is 1. The number of aliphatic imine (C=N–C) groups is 1. The smallest absolute Gasteiger partial charge is 0.326 e. The molecule has 1 aromatic carbocycles. The molecule has 4 heterocycles.